The van der Waals surface area contributed by atoms with Gasteiger partial charge in [-0.3, -0.25) is 4.79 Å². The molecule has 1 unspecified atom stereocenters. The van der Waals surface area contributed by atoms with E-state index < -0.39 is 9.84 Å². The molecule has 174 valence electrons. The standard InChI is InChI=1S/C25H27ClN2O4S/c1-18-5-3-8-22(13-18)28-12-11-27(15-19(28)2)25(29)24-10-9-23(32-24)17-33(30,31)16-20-6-4-7-21(26)14-20/h3-10,13-14,19H,11-12,15-17H2,1-2H3. The van der Waals surface area contributed by atoms with Gasteiger partial charge in [0.1, 0.15) is 11.5 Å². The highest BCUT2D eigenvalue weighted by Crippen LogP contribution is 2.23. The molecule has 0 N–H and O–H groups in total. The van der Waals surface area contributed by atoms with Crippen molar-refractivity contribution in [3.8, 4) is 0 Å². The summed E-state index contributed by atoms with van der Waals surface area (Å²) < 4.78 is 30.8. The fraction of sp³-hybridized carbons (Fsp3) is 0.320. The number of carbonyl (C=O) groups is 1. The minimum atomic E-state index is -3.48. The summed E-state index contributed by atoms with van der Waals surface area (Å²) in [5, 5.41) is 0.491. The van der Waals surface area contributed by atoms with Crippen LogP contribution in [0.15, 0.2) is 65.1 Å². The molecule has 1 saturated heterocycles. The smallest absolute Gasteiger partial charge is 0.289 e. The van der Waals surface area contributed by atoms with E-state index >= 15 is 0 Å². The highest BCUT2D eigenvalue weighted by Gasteiger charge is 2.29. The number of benzene rings is 2. The van der Waals surface area contributed by atoms with Crippen LogP contribution in [0.4, 0.5) is 5.69 Å². The van der Waals surface area contributed by atoms with Crippen LogP contribution in [-0.2, 0) is 21.3 Å². The van der Waals surface area contributed by atoms with Crippen molar-refractivity contribution in [3.63, 3.8) is 0 Å². The Kier molecular flexibility index (Phi) is 6.81. The number of amides is 1. The summed E-state index contributed by atoms with van der Waals surface area (Å²) in [4.78, 5) is 17.1. The van der Waals surface area contributed by atoms with Crippen molar-refractivity contribution >= 4 is 33.0 Å². The lowest BCUT2D eigenvalue weighted by Gasteiger charge is -2.41. The number of anilines is 1. The highest BCUT2D eigenvalue weighted by molar-refractivity contribution is 7.89. The summed E-state index contributed by atoms with van der Waals surface area (Å²) in [7, 11) is -3.48. The van der Waals surface area contributed by atoms with Gasteiger partial charge in [0.25, 0.3) is 5.91 Å². The fourth-order valence-electron chi connectivity index (χ4n) is 4.21. The van der Waals surface area contributed by atoms with Gasteiger partial charge < -0.3 is 14.2 Å². The van der Waals surface area contributed by atoms with E-state index in [1.54, 1.807) is 41.3 Å². The van der Waals surface area contributed by atoms with Gasteiger partial charge in [-0.15, -0.1) is 0 Å². The van der Waals surface area contributed by atoms with Crippen LogP contribution >= 0.6 is 11.6 Å². The largest absolute Gasteiger partial charge is 0.455 e. The van der Waals surface area contributed by atoms with E-state index in [2.05, 4.69) is 36.9 Å². The van der Waals surface area contributed by atoms with E-state index in [9.17, 15) is 13.2 Å². The van der Waals surface area contributed by atoms with E-state index in [1.165, 1.54) is 5.56 Å². The first kappa shape index (κ1) is 23.4. The average molecular weight is 487 g/mol. The van der Waals surface area contributed by atoms with Crippen LogP contribution in [-0.4, -0.2) is 44.9 Å². The quantitative estimate of drug-likeness (QED) is 0.504. The average Bonchev–Trinajstić information content (AvgIpc) is 3.20. The Bertz CT molecular complexity index is 1250. The van der Waals surface area contributed by atoms with Gasteiger partial charge >= 0.3 is 0 Å². The summed E-state index contributed by atoms with van der Waals surface area (Å²) >= 11 is 5.95. The number of sulfone groups is 1. The lowest BCUT2D eigenvalue weighted by molar-refractivity contribution is 0.0692. The molecule has 3 aromatic rings. The molecule has 6 nitrogen and oxygen atoms in total. The molecule has 0 spiro atoms. The van der Waals surface area contributed by atoms with Crippen LogP contribution in [0.5, 0.6) is 0 Å². The first-order valence-electron chi connectivity index (χ1n) is 10.9. The molecule has 33 heavy (non-hydrogen) atoms. The minimum Gasteiger partial charge on any atom is -0.455 e. The fourth-order valence-corrected chi connectivity index (χ4v) is 5.80. The Morgan fingerprint density at radius 2 is 1.85 bits per heavy atom. The molecule has 1 fully saturated rings. The van der Waals surface area contributed by atoms with E-state index in [1.807, 2.05) is 6.07 Å². The van der Waals surface area contributed by atoms with Crippen molar-refractivity contribution in [2.75, 3.05) is 24.5 Å². The number of hydrogen-bond acceptors (Lipinski definition) is 5. The van der Waals surface area contributed by atoms with Gasteiger partial charge in [-0.05, 0) is 61.4 Å². The topological polar surface area (TPSA) is 70.8 Å². The summed E-state index contributed by atoms with van der Waals surface area (Å²) in [5.41, 5.74) is 2.97. The lowest BCUT2D eigenvalue weighted by atomic mass is 10.1. The molecule has 0 radical (unpaired) electrons. The Hall–Kier alpha value is -2.77. The van der Waals surface area contributed by atoms with E-state index in [0.29, 0.717) is 23.7 Å². The predicted molar refractivity (Wildman–Crippen MR) is 130 cm³/mol. The molecule has 0 saturated carbocycles. The normalized spacial score (nSPS) is 16.8. The number of halogens is 1. The lowest BCUT2D eigenvalue weighted by Crippen LogP contribution is -2.53. The number of piperazine rings is 1. The van der Waals surface area contributed by atoms with Crippen molar-refractivity contribution in [2.45, 2.75) is 31.4 Å². The molecule has 8 heteroatoms. The molecule has 2 aromatic carbocycles. The van der Waals surface area contributed by atoms with Crippen LogP contribution < -0.4 is 4.90 Å². The Morgan fingerprint density at radius 1 is 1.06 bits per heavy atom. The third-order valence-corrected chi connectivity index (χ3v) is 7.49. The second kappa shape index (κ2) is 9.61. The zero-order valence-electron chi connectivity index (χ0n) is 18.7. The maximum absolute atomic E-state index is 13.0. The van der Waals surface area contributed by atoms with Gasteiger partial charge in [0.2, 0.25) is 0 Å². The summed E-state index contributed by atoms with van der Waals surface area (Å²) in [6, 6.07) is 18.4. The Labute approximate surface area is 199 Å². The van der Waals surface area contributed by atoms with Crippen LogP contribution in [0, 0.1) is 6.92 Å². The van der Waals surface area contributed by atoms with E-state index in [0.717, 1.165) is 12.2 Å². The maximum atomic E-state index is 13.0. The zero-order chi connectivity index (χ0) is 23.6. The molecule has 2 heterocycles. The molecule has 1 aromatic heterocycles. The van der Waals surface area contributed by atoms with Crippen molar-refractivity contribution in [1.82, 2.24) is 4.90 Å². The first-order chi connectivity index (χ1) is 15.7. The van der Waals surface area contributed by atoms with Crippen LogP contribution in [0.25, 0.3) is 0 Å². The van der Waals surface area contributed by atoms with Gasteiger partial charge in [-0.25, -0.2) is 8.42 Å². The zero-order valence-corrected chi connectivity index (χ0v) is 20.3. The number of nitrogens with zero attached hydrogens (tertiary/aromatic N) is 2. The molecular formula is C25H27ClN2O4S. The molecule has 1 amide bonds. The summed E-state index contributed by atoms with van der Waals surface area (Å²) in [5.74, 6) is -0.212. The summed E-state index contributed by atoms with van der Waals surface area (Å²) in [6.07, 6.45) is 0. The number of carbonyl (C=O) groups excluding carboxylic acids is 1. The molecule has 1 atom stereocenters. The van der Waals surface area contributed by atoms with Gasteiger partial charge in [0, 0.05) is 36.4 Å². The number of aryl methyl sites for hydroxylation is 1. The van der Waals surface area contributed by atoms with Crippen molar-refractivity contribution in [3.05, 3.63) is 88.3 Å². The molecule has 0 bridgehead atoms. The molecular weight excluding hydrogens is 460 g/mol. The van der Waals surface area contributed by atoms with Gasteiger partial charge in [0.05, 0.1) is 5.75 Å². The van der Waals surface area contributed by atoms with Crippen LogP contribution in [0.2, 0.25) is 5.02 Å². The van der Waals surface area contributed by atoms with E-state index in [-0.39, 0.29) is 35.0 Å². The molecule has 1 aliphatic heterocycles. The third-order valence-electron chi connectivity index (χ3n) is 5.76. The second-order valence-electron chi connectivity index (χ2n) is 8.56. The van der Waals surface area contributed by atoms with Crippen molar-refractivity contribution in [2.24, 2.45) is 0 Å². The molecule has 1 aliphatic rings. The van der Waals surface area contributed by atoms with Crippen LogP contribution in [0.3, 0.4) is 0 Å². The third kappa shape index (κ3) is 5.78. The Morgan fingerprint density at radius 3 is 2.58 bits per heavy atom. The highest BCUT2D eigenvalue weighted by atomic mass is 35.5. The second-order valence-corrected chi connectivity index (χ2v) is 11.1. The van der Waals surface area contributed by atoms with Gasteiger partial charge in [-0.1, -0.05) is 35.9 Å². The summed E-state index contributed by atoms with van der Waals surface area (Å²) in [6.45, 7) is 6.02. The van der Waals surface area contributed by atoms with Gasteiger partial charge in [0.15, 0.2) is 15.6 Å². The van der Waals surface area contributed by atoms with Gasteiger partial charge in [-0.2, -0.15) is 0 Å². The first-order valence-corrected chi connectivity index (χ1v) is 13.1. The number of furan rings is 1. The SMILES string of the molecule is Cc1cccc(N2CCN(C(=O)c3ccc(CS(=O)(=O)Cc4cccc(Cl)c4)o3)CC2C)c1. The van der Waals surface area contributed by atoms with Crippen molar-refractivity contribution in [1.29, 1.82) is 0 Å². The predicted octanol–water partition coefficient (Wildman–Crippen LogP) is 4.71. The maximum Gasteiger partial charge on any atom is 0.289 e. The molecule has 0 aliphatic carbocycles. The number of rotatable bonds is 6. The molecule has 4 rings (SSSR count). The van der Waals surface area contributed by atoms with E-state index in [4.69, 9.17) is 16.0 Å². The monoisotopic (exact) mass is 486 g/mol. The number of hydrogen-bond donors (Lipinski definition) is 0. The van der Waals surface area contributed by atoms with Crippen molar-refractivity contribution < 1.29 is 17.6 Å². The van der Waals surface area contributed by atoms with Crippen LogP contribution in [0.1, 0.15) is 34.4 Å². The minimum absolute atomic E-state index is 0.143. The Balaban J connectivity index is 1.39.